The van der Waals surface area contributed by atoms with Crippen LogP contribution in [0.4, 0.5) is 13.6 Å². The standard InChI is InChI=1S/C24H21F2NO4S/c1-2-13-30-24(28)27(32-23-6-4-3-5-7-23)12-14-29-20-8-10-21(11-9-20)31-22-16-18(25)15-19(26)17-22/h2-11,15-17H,1,12-14H2. The van der Waals surface area contributed by atoms with Crippen LogP contribution in [-0.4, -0.2) is 30.2 Å². The molecule has 0 fully saturated rings. The summed E-state index contributed by atoms with van der Waals surface area (Å²) in [6.45, 7) is 4.15. The maximum absolute atomic E-state index is 13.3. The Bertz CT molecular complexity index is 1010. The van der Waals surface area contributed by atoms with Gasteiger partial charge in [0.25, 0.3) is 0 Å². The molecule has 0 radical (unpaired) electrons. The Hall–Kier alpha value is -3.52. The molecule has 0 N–H and O–H groups in total. The molecule has 0 heterocycles. The lowest BCUT2D eigenvalue weighted by Crippen LogP contribution is -2.29. The Morgan fingerprint density at radius 3 is 2.25 bits per heavy atom. The fourth-order valence-electron chi connectivity index (χ4n) is 2.56. The van der Waals surface area contributed by atoms with Gasteiger partial charge in [-0.25, -0.2) is 17.9 Å². The van der Waals surface area contributed by atoms with Crippen molar-refractivity contribution in [2.24, 2.45) is 0 Å². The second-order valence-corrected chi connectivity index (χ2v) is 7.49. The molecule has 3 rings (SSSR count). The molecule has 0 saturated heterocycles. The number of benzene rings is 3. The van der Waals surface area contributed by atoms with Crippen LogP contribution in [0.3, 0.4) is 0 Å². The van der Waals surface area contributed by atoms with Gasteiger partial charge < -0.3 is 14.2 Å². The predicted octanol–water partition coefficient (Wildman–Crippen LogP) is 6.47. The number of ether oxygens (including phenoxy) is 3. The molecule has 8 heteroatoms. The van der Waals surface area contributed by atoms with Crippen molar-refractivity contribution >= 4 is 18.0 Å². The zero-order chi connectivity index (χ0) is 22.8. The molecule has 5 nitrogen and oxygen atoms in total. The summed E-state index contributed by atoms with van der Waals surface area (Å²) in [6, 6.07) is 19.0. The Balaban J connectivity index is 1.55. The molecule has 0 aromatic heterocycles. The van der Waals surface area contributed by atoms with Crippen molar-refractivity contribution in [2.75, 3.05) is 19.8 Å². The average molecular weight is 457 g/mol. The van der Waals surface area contributed by atoms with Crippen molar-refractivity contribution in [1.29, 1.82) is 0 Å². The Morgan fingerprint density at radius 1 is 0.938 bits per heavy atom. The molecule has 0 unspecified atom stereocenters. The van der Waals surface area contributed by atoms with Gasteiger partial charge in [-0.15, -0.1) is 0 Å². The highest BCUT2D eigenvalue weighted by atomic mass is 32.2. The van der Waals surface area contributed by atoms with Gasteiger partial charge in [0.2, 0.25) is 0 Å². The number of rotatable bonds is 10. The molecule has 0 spiro atoms. The molecule has 0 aliphatic heterocycles. The normalized spacial score (nSPS) is 10.3. The molecule has 0 atom stereocenters. The SMILES string of the molecule is C=CCOC(=O)N(CCOc1ccc(Oc2cc(F)cc(F)c2)cc1)Sc1ccccc1. The molecule has 166 valence electrons. The summed E-state index contributed by atoms with van der Waals surface area (Å²) in [4.78, 5) is 13.2. The highest BCUT2D eigenvalue weighted by molar-refractivity contribution is 7.97. The maximum atomic E-state index is 13.3. The average Bonchev–Trinajstić information content (AvgIpc) is 2.78. The third-order valence-electron chi connectivity index (χ3n) is 3.95. The number of halogens is 2. The minimum Gasteiger partial charge on any atom is -0.492 e. The van der Waals surface area contributed by atoms with E-state index in [0.29, 0.717) is 11.5 Å². The van der Waals surface area contributed by atoms with Crippen LogP contribution in [0.25, 0.3) is 0 Å². The fraction of sp³-hybridized carbons (Fsp3) is 0.125. The third-order valence-corrected chi connectivity index (χ3v) is 4.98. The monoisotopic (exact) mass is 457 g/mol. The quantitative estimate of drug-likeness (QED) is 0.258. The number of carbonyl (C=O) groups is 1. The lowest BCUT2D eigenvalue weighted by Gasteiger charge is -2.20. The van der Waals surface area contributed by atoms with E-state index in [4.69, 9.17) is 14.2 Å². The van der Waals surface area contributed by atoms with Gasteiger partial charge in [0.05, 0.1) is 6.54 Å². The van der Waals surface area contributed by atoms with E-state index >= 15 is 0 Å². The van der Waals surface area contributed by atoms with E-state index in [0.717, 1.165) is 23.1 Å². The molecule has 3 aromatic carbocycles. The Kier molecular flexibility index (Phi) is 8.51. The molecular formula is C24H21F2NO4S. The van der Waals surface area contributed by atoms with E-state index in [2.05, 4.69) is 6.58 Å². The summed E-state index contributed by atoms with van der Waals surface area (Å²) in [7, 11) is 0. The third kappa shape index (κ3) is 7.31. The van der Waals surface area contributed by atoms with Gasteiger partial charge in [-0.05, 0) is 48.3 Å². The first-order valence-electron chi connectivity index (χ1n) is 9.68. The summed E-state index contributed by atoms with van der Waals surface area (Å²) < 4.78 is 44.3. The predicted molar refractivity (Wildman–Crippen MR) is 119 cm³/mol. The van der Waals surface area contributed by atoms with Gasteiger partial charge in [0.15, 0.2) is 0 Å². The summed E-state index contributed by atoms with van der Waals surface area (Å²) in [6.07, 6.45) is 1.01. The summed E-state index contributed by atoms with van der Waals surface area (Å²) in [5.74, 6) is -0.430. The number of carbonyl (C=O) groups excluding carboxylic acids is 1. The van der Waals surface area contributed by atoms with E-state index in [9.17, 15) is 13.6 Å². The van der Waals surface area contributed by atoms with Crippen LogP contribution < -0.4 is 9.47 Å². The van der Waals surface area contributed by atoms with E-state index in [1.807, 2.05) is 30.3 Å². The van der Waals surface area contributed by atoms with Crippen LogP contribution in [0.15, 0.2) is 90.3 Å². The molecule has 1 amide bonds. The Labute approximate surface area is 189 Å². The van der Waals surface area contributed by atoms with Crippen molar-refractivity contribution in [3.05, 3.63) is 97.1 Å². The highest BCUT2D eigenvalue weighted by Crippen LogP contribution is 2.26. The van der Waals surface area contributed by atoms with Crippen LogP contribution in [0.5, 0.6) is 17.2 Å². The highest BCUT2D eigenvalue weighted by Gasteiger charge is 2.16. The summed E-state index contributed by atoms with van der Waals surface area (Å²) in [5.41, 5.74) is 0. The smallest absolute Gasteiger partial charge is 0.420 e. The lowest BCUT2D eigenvalue weighted by atomic mass is 10.3. The fourth-order valence-corrected chi connectivity index (χ4v) is 3.39. The summed E-state index contributed by atoms with van der Waals surface area (Å²) >= 11 is 1.25. The zero-order valence-corrected chi connectivity index (χ0v) is 17.9. The zero-order valence-electron chi connectivity index (χ0n) is 17.1. The van der Waals surface area contributed by atoms with E-state index in [-0.39, 0.29) is 25.5 Å². The molecular weight excluding hydrogens is 436 g/mol. The molecule has 3 aromatic rings. The second kappa shape index (κ2) is 11.8. The van der Waals surface area contributed by atoms with Gasteiger partial charge in [0.1, 0.15) is 42.1 Å². The van der Waals surface area contributed by atoms with Gasteiger partial charge >= 0.3 is 6.09 Å². The van der Waals surface area contributed by atoms with Crippen LogP contribution >= 0.6 is 11.9 Å². The summed E-state index contributed by atoms with van der Waals surface area (Å²) in [5, 5.41) is 0. The first-order chi connectivity index (χ1) is 15.5. The number of amides is 1. The van der Waals surface area contributed by atoms with E-state index in [1.165, 1.54) is 22.3 Å². The van der Waals surface area contributed by atoms with Gasteiger partial charge in [-0.3, -0.25) is 0 Å². The van der Waals surface area contributed by atoms with Crippen LogP contribution in [-0.2, 0) is 4.74 Å². The number of hydrogen-bond donors (Lipinski definition) is 0. The van der Waals surface area contributed by atoms with Crippen LogP contribution in [0.2, 0.25) is 0 Å². The minimum atomic E-state index is -0.718. The first-order valence-corrected chi connectivity index (χ1v) is 10.5. The lowest BCUT2D eigenvalue weighted by molar-refractivity contribution is 0.135. The van der Waals surface area contributed by atoms with Crippen LogP contribution in [0.1, 0.15) is 0 Å². The Morgan fingerprint density at radius 2 is 1.59 bits per heavy atom. The van der Waals surface area contributed by atoms with Gasteiger partial charge in [0, 0.05) is 23.1 Å². The molecule has 0 aliphatic carbocycles. The number of nitrogens with zero attached hydrogens (tertiary/aromatic N) is 1. The van der Waals surface area contributed by atoms with Crippen molar-refractivity contribution in [3.63, 3.8) is 0 Å². The second-order valence-electron chi connectivity index (χ2n) is 6.40. The first kappa shape index (κ1) is 23.1. The number of hydrogen-bond acceptors (Lipinski definition) is 5. The molecule has 0 bridgehead atoms. The van der Waals surface area contributed by atoms with Crippen molar-refractivity contribution in [1.82, 2.24) is 4.31 Å². The molecule has 0 saturated carbocycles. The topological polar surface area (TPSA) is 48.0 Å². The van der Waals surface area contributed by atoms with Crippen molar-refractivity contribution in [2.45, 2.75) is 4.90 Å². The van der Waals surface area contributed by atoms with Gasteiger partial charge in [-0.1, -0.05) is 30.9 Å². The van der Waals surface area contributed by atoms with Crippen molar-refractivity contribution < 1.29 is 27.8 Å². The minimum absolute atomic E-state index is 0.0581. The molecule has 32 heavy (non-hydrogen) atoms. The maximum Gasteiger partial charge on any atom is 0.420 e. The van der Waals surface area contributed by atoms with E-state index < -0.39 is 17.7 Å². The van der Waals surface area contributed by atoms with Gasteiger partial charge in [-0.2, -0.15) is 0 Å². The van der Waals surface area contributed by atoms with Crippen LogP contribution in [0, 0.1) is 11.6 Å². The molecule has 0 aliphatic rings. The largest absolute Gasteiger partial charge is 0.492 e. The van der Waals surface area contributed by atoms with E-state index in [1.54, 1.807) is 24.3 Å². The van der Waals surface area contributed by atoms with Crippen molar-refractivity contribution in [3.8, 4) is 17.2 Å².